The zero-order valence-corrected chi connectivity index (χ0v) is 19.1. The van der Waals surface area contributed by atoms with E-state index in [2.05, 4.69) is 15.6 Å². The van der Waals surface area contributed by atoms with Crippen LogP contribution in [0, 0.1) is 13.8 Å². The van der Waals surface area contributed by atoms with Gasteiger partial charge in [0.1, 0.15) is 5.75 Å². The van der Waals surface area contributed by atoms with Crippen LogP contribution < -0.4 is 15.4 Å². The Morgan fingerprint density at radius 1 is 1.03 bits per heavy atom. The molecule has 33 heavy (non-hydrogen) atoms. The van der Waals surface area contributed by atoms with E-state index in [4.69, 9.17) is 4.74 Å². The highest BCUT2D eigenvalue weighted by molar-refractivity contribution is 8.18. The first kappa shape index (κ1) is 22.4. The van der Waals surface area contributed by atoms with E-state index in [1.165, 1.54) is 11.8 Å². The first-order valence-electron chi connectivity index (χ1n) is 10.4. The smallest absolute Gasteiger partial charge is 0.264 e. The van der Waals surface area contributed by atoms with Crippen LogP contribution >= 0.6 is 11.8 Å². The van der Waals surface area contributed by atoms with Gasteiger partial charge in [0.25, 0.3) is 11.8 Å². The SMILES string of the molecule is Cc1ccc(N=C2NC(=O)/C(=C/c3ccc(OCC(=O)Nc4cccc(C)c4)cc3)S2)cc1. The fraction of sp³-hybridized carbons (Fsp3) is 0.115. The third kappa shape index (κ3) is 6.33. The molecule has 2 amide bonds. The van der Waals surface area contributed by atoms with Gasteiger partial charge in [-0.25, -0.2) is 4.99 Å². The third-order valence-electron chi connectivity index (χ3n) is 4.77. The van der Waals surface area contributed by atoms with Crippen molar-refractivity contribution in [1.82, 2.24) is 5.32 Å². The van der Waals surface area contributed by atoms with Gasteiger partial charge in [-0.1, -0.05) is 42.0 Å². The number of nitrogens with zero attached hydrogens (tertiary/aromatic N) is 1. The van der Waals surface area contributed by atoms with Crippen molar-refractivity contribution in [2.45, 2.75) is 13.8 Å². The van der Waals surface area contributed by atoms with Crippen LogP contribution in [0.3, 0.4) is 0 Å². The van der Waals surface area contributed by atoms with E-state index in [0.29, 0.717) is 15.8 Å². The second kappa shape index (κ2) is 10.2. The molecule has 1 aliphatic heterocycles. The minimum absolute atomic E-state index is 0.0918. The molecular weight excluding hydrogens is 434 g/mol. The Balaban J connectivity index is 1.33. The van der Waals surface area contributed by atoms with Crippen LogP contribution in [0.1, 0.15) is 16.7 Å². The van der Waals surface area contributed by atoms with Crippen LogP contribution in [-0.2, 0) is 9.59 Å². The van der Waals surface area contributed by atoms with Crippen molar-refractivity contribution in [1.29, 1.82) is 0 Å². The number of anilines is 1. The second-order valence-electron chi connectivity index (χ2n) is 7.59. The molecule has 0 unspecified atom stereocenters. The van der Waals surface area contributed by atoms with E-state index < -0.39 is 0 Å². The number of amides is 2. The largest absolute Gasteiger partial charge is 0.484 e. The topological polar surface area (TPSA) is 79.8 Å². The maximum absolute atomic E-state index is 12.3. The lowest BCUT2D eigenvalue weighted by Gasteiger charge is -2.08. The lowest BCUT2D eigenvalue weighted by Crippen LogP contribution is -2.20. The highest BCUT2D eigenvalue weighted by Gasteiger charge is 2.23. The molecule has 0 saturated carbocycles. The molecule has 1 fully saturated rings. The molecule has 0 spiro atoms. The lowest BCUT2D eigenvalue weighted by molar-refractivity contribution is -0.118. The van der Waals surface area contributed by atoms with E-state index in [9.17, 15) is 9.59 Å². The number of carbonyl (C=O) groups excluding carboxylic acids is 2. The molecule has 7 heteroatoms. The van der Waals surface area contributed by atoms with Gasteiger partial charge in [0.2, 0.25) is 0 Å². The van der Waals surface area contributed by atoms with E-state index in [-0.39, 0.29) is 18.4 Å². The zero-order chi connectivity index (χ0) is 23.2. The number of nitrogens with one attached hydrogen (secondary N) is 2. The number of rotatable bonds is 6. The molecule has 1 heterocycles. The number of hydrogen-bond donors (Lipinski definition) is 2. The van der Waals surface area contributed by atoms with Gasteiger partial charge in [0, 0.05) is 5.69 Å². The summed E-state index contributed by atoms with van der Waals surface area (Å²) >= 11 is 1.30. The summed E-state index contributed by atoms with van der Waals surface area (Å²) in [6, 6.07) is 22.6. The predicted molar refractivity (Wildman–Crippen MR) is 134 cm³/mol. The predicted octanol–water partition coefficient (Wildman–Crippen LogP) is 5.21. The molecule has 1 saturated heterocycles. The van der Waals surface area contributed by atoms with Gasteiger partial charge in [-0.3, -0.25) is 9.59 Å². The third-order valence-corrected chi connectivity index (χ3v) is 5.67. The Morgan fingerprint density at radius 3 is 2.52 bits per heavy atom. The molecule has 0 bridgehead atoms. The normalized spacial score (nSPS) is 15.5. The monoisotopic (exact) mass is 457 g/mol. The number of carbonyl (C=O) groups is 2. The summed E-state index contributed by atoms with van der Waals surface area (Å²) in [6.07, 6.45) is 1.80. The highest BCUT2D eigenvalue weighted by Crippen LogP contribution is 2.28. The number of aryl methyl sites for hydroxylation is 2. The van der Waals surface area contributed by atoms with Gasteiger partial charge < -0.3 is 15.4 Å². The standard InChI is InChI=1S/C26H23N3O3S/c1-17-6-10-20(11-7-17)28-26-29-25(31)23(33-26)15-19-8-12-22(13-9-19)32-16-24(30)27-21-5-3-4-18(2)14-21/h3-15H,16H2,1-2H3,(H,27,30)(H,28,29,31)/b23-15-. The number of amidine groups is 1. The Morgan fingerprint density at radius 2 is 1.79 bits per heavy atom. The molecular formula is C26H23N3O3S. The molecule has 1 aliphatic rings. The van der Waals surface area contributed by atoms with Crippen molar-refractivity contribution >= 4 is 46.2 Å². The molecule has 6 nitrogen and oxygen atoms in total. The maximum atomic E-state index is 12.3. The Kier molecular flexibility index (Phi) is 6.90. The van der Waals surface area contributed by atoms with Crippen LogP contribution in [0.15, 0.2) is 82.7 Å². The lowest BCUT2D eigenvalue weighted by atomic mass is 10.2. The summed E-state index contributed by atoms with van der Waals surface area (Å²) in [5, 5.41) is 6.15. The van der Waals surface area contributed by atoms with Gasteiger partial charge in [-0.05, 0) is 79.2 Å². The Hall–Kier alpha value is -3.84. The molecule has 0 aliphatic carbocycles. The average Bonchev–Trinajstić information content (AvgIpc) is 3.13. The highest BCUT2D eigenvalue weighted by atomic mass is 32.2. The molecule has 2 N–H and O–H groups in total. The number of thioether (sulfide) groups is 1. The first-order chi connectivity index (χ1) is 15.9. The fourth-order valence-corrected chi connectivity index (χ4v) is 3.94. The molecule has 3 aromatic rings. The van der Waals surface area contributed by atoms with Crippen molar-refractivity contribution in [2.24, 2.45) is 4.99 Å². The molecule has 0 radical (unpaired) electrons. The Bertz CT molecular complexity index is 1230. The van der Waals surface area contributed by atoms with Gasteiger partial charge >= 0.3 is 0 Å². The van der Waals surface area contributed by atoms with Crippen molar-refractivity contribution in [2.75, 3.05) is 11.9 Å². The number of hydrogen-bond acceptors (Lipinski definition) is 5. The van der Waals surface area contributed by atoms with Crippen LogP contribution in [0.2, 0.25) is 0 Å². The van der Waals surface area contributed by atoms with Gasteiger partial charge in [0.05, 0.1) is 10.6 Å². The average molecular weight is 458 g/mol. The molecule has 166 valence electrons. The van der Waals surface area contributed by atoms with Crippen LogP contribution in [0.4, 0.5) is 11.4 Å². The van der Waals surface area contributed by atoms with E-state index in [1.807, 2.05) is 74.5 Å². The van der Waals surface area contributed by atoms with Gasteiger partial charge in [0.15, 0.2) is 11.8 Å². The van der Waals surface area contributed by atoms with Gasteiger partial charge in [-0.2, -0.15) is 0 Å². The zero-order valence-electron chi connectivity index (χ0n) is 18.3. The van der Waals surface area contributed by atoms with Crippen molar-refractivity contribution in [3.05, 3.63) is 94.4 Å². The van der Waals surface area contributed by atoms with Gasteiger partial charge in [-0.15, -0.1) is 0 Å². The minimum atomic E-state index is -0.230. The van der Waals surface area contributed by atoms with E-state index in [1.54, 1.807) is 18.2 Å². The maximum Gasteiger partial charge on any atom is 0.264 e. The fourth-order valence-electron chi connectivity index (χ4n) is 3.10. The van der Waals surface area contributed by atoms with E-state index in [0.717, 1.165) is 28.1 Å². The van der Waals surface area contributed by atoms with Crippen LogP contribution in [0.5, 0.6) is 5.75 Å². The summed E-state index contributed by atoms with van der Waals surface area (Å²) in [5.41, 5.74) is 4.60. The van der Waals surface area contributed by atoms with Crippen molar-refractivity contribution < 1.29 is 14.3 Å². The quantitative estimate of drug-likeness (QED) is 0.498. The summed E-state index contributed by atoms with van der Waals surface area (Å²) in [4.78, 5) is 29.4. The molecule has 0 atom stereocenters. The van der Waals surface area contributed by atoms with Crippen molar-refractivity contribution in [3.63, 3.8) is 0 Å². The van der Waals surface area contributed by atoms with E-state index >= 15 is 0 Å². The summed E-state index contributed by atoms with van der Waals surface area (Å²) in [7, 11) is 0. The van der Waals surface area contributed by atoms with Crippen LogP contribution in [0.25, 0.3) is 6.08 Å². The first-order valence-corrected chi connectivity index (χ1v) is 11.2. The number of benzene rings is 3. The van der Waals surface area contributed by atoms with Crippen LogP contribution in [-0.4, -0.2) is 23.6 Å². The number of ether oxygens (including phenoxy) is 1. The minimum Gasteiger partial charge on any atom is -0.484 e. The molecule has 0 aromatic heterocycles. The number of aliphatic imine (C=N–C) groups is 1. The Labute approximate surface area is 196 Å². The van der Waals surface area contributed by atoms with Crippen molar-refractivity contribution in [3.8, 4) is 5.75 Å². The summed E-state index contributed by atoms with van der Waals surface area (Å²) in [6.45, 7) is 3.89. The molecule has 3 aromatic carbocycles. The second-order valence-corrected chi connectivity index (χ2v) is 8.62. The molecule has 4 rings (SSSR count). The summed E-state index contributed by atoms with van der Waals surface area (Å²) in [5.74, 6) is 0.159. The summed E-state index contributed by atoms with van der Waals surface area (Å²) < 4.78 is 5.57.